The Morgan fingerprint density at radius 1 is 1.20 bits per heavy atom. The number of rotatable bonds is 5. The van der Waals surface area contributed by atoms with Gasteiger partial charge in [0.1, 0.15) is 22.8 Å². The number of nitrogens with one attached hydrogen (secondary N) is 1. The maximum atomic E-state index is 13.0. The molecule has 0 radical (unpaired) electrons. The van der Waals surface area contributed by atoms with Crippen LogP contribution in [0.3, 0.4) is 0 Å². The third-order valence-electron chi connectivity index (χ3n) is 6.02. The first kappa shape index (κ1) is 20.6. The summed E-state index contributed by atoms with van der Waals surface area (Å²) in [7, 11) is 1.64. The first-order valence-corrected chi connectivity index (χ1v) is 10.8. The Kier molecular flexibility index (Phi) is 5.63. The monoisotopic (exact) mass is 409 g/mol. The van der Waals surface area contributed by atoms with E-state index in [0.717, 1.165) is 35.7 Å². The van der Waals surface area contributed by atoms with E-state index in [9.17, 15) is 4.79 Å². The minimum Gasteiger partial charge on any atom is -0.497 e. The molecule has 0 spiro atoms. The minimum atomic E-state index is -0.578. The summed E-state index contributed by atoms with van der Waals surface area (Å²) >= 11 is 0. The van der Waals surface area contributed by atoms with Crippen molar-refractivity contribution in [1.82, 2.24) is 5.32 Å². The Labute approximate surface area is 178 Å². The molecule has 1 aliphatic heterocycles. The van der Waals surface area contributed by atoms with Gasteiger partial charge in [-0.15, -0.1) is 0 Å². The highest BCUT2D eigenvalue weighted by atomic mass is 16.5. The molecular formula is C25H31NO4. The standard InChI is InChI=1S/C25H31NO4/c1-16(29-22-11-7-9-17-8-5-6-10-19(17)22)24(27)26-21-15-25(2,3)30-23-14-18(28-4)12-13-20(21)23/h7,9,11-14,16,21H,5-6,8,10,15H2,1-4H3,(H,26,27). The number of hydrogen-bond acceptors (Lipinski definition) is 4. The zero-order valence-electron chi connectivity index (χ0n) is 18.3. The van der Waals surface area contributed by atoms with Crippen LogP contribution in [0.15, 0.2) is 36.4 Å². The lowest BCUT2D eigenvalue weighted by Crippen LogP contribution is -2.44. The highest BCUT2D eigenvalue weighted by molar-refractivity contribution is 5.81. The third-order valence-corrected chi connectivity index (χ3v) is 6.02. The van der Waals surface area contributed by atoms with Crippen LogP contribution in [0.4, 0.5) is 0 Å². The van der Waals surface area contributed by atoms with E-state index >= 15 is 0 Å². The Bertz CT molecular complexity index is 937. The Balaban J connectivity index is 1.50. The van der Waals surface area contributed by atoms with Crippen molar-refractivity contribution in [3.05, 3.63) is 53.1 Å². The molecule has 0 saturated carbocycles. The quantitative estimate of drug-likeness (QED) is 0.774. The second-order valence-corrected chi connectivity index (χ2v) is 8.89. The van der Waals surface area contributed by atoms with Crippen molar-refractivity contribution in [3.63, 3.8) is 0 Å². The molecule has 0 saturated heterocycles. The summed E-state index contributed by atoms with van der Waals surface area (Å²) in [5, 5.41) is 3.18. The van der Waals surface area contributed by atoms with Crippen molar-refractivity contribution in [2.45, 2.75) is 70.6 Å². The molecule has 2 atom stereocenters. The number of fused-ring (bicyclic) bond motifs is 2. The van der Waals surface area contributed by atoms with Crippen molar-refractivity contribution in [1.29, 1.82) is 0 Å². The minimum absolute atomic E-state index is 0.118. The van der Waals surface area contributed by atoms with Gasteiger partial charge in [0, 0.05) is 18.1 Å². The van der Waals surface area contributed by atoms with E-state index in [1.807, 2.05) is 51.1 Å². The van der Waals surface area contributed by atoms with Crippen LogP contribution >= 0.6 is 0 Å². The zero-order chi connectivity index (χ0) is 21.3. The summed E-state index contributed by atoms with van der Waals surface area (Å²) in [6, 6.07) is 11.8. The van der Waals surface area contributed by atoms with E-state index in [-0.39, 0.29) is 17.6 Å². The molecule has 2 aromatic rings. The van der Waals surface area contributed by atoms with Gasteiger partial charge in [0.2, 0.25) is 0 Å². The van der Waals surface area contributed by atoms with Gasteiger partial charge in [-0.2, -0.15) is 0 Å². The fraction of sp³-hybridized carbons (Fsp3) is 0.480. The first-order chi connectivity index (χ1) is 14.4. The molecule has 2 unspecified atom stereocenters. The van der Waals surface area contributed by atoms with Gasteiger partial charge in [-0.05, 0) is 75.8 Å². The number of carbonyl (C=O) groups excluding carboxylic acids is 1. The molecule has 1 aliphatic carbocycles. The van der Waals surface area contributed by atoms with Crippen molar-refractivity contribution < 1.29 is 19.0 Å². The molecule has 5 heteroatoms. The fourth-order valence-corrected chi connectivity index (χ4v) is 4.48. The van der Waals surface area contributed by atoms with Gasteiger partial charge >= 0.3 is 0 Å². The second-order valence-electron chi connectivity index (χ2n) is 8.89. The number of aryl methyl sites for hydroxylation is 1. The third kappa shape index (κ3) is 4.25. The molecule has 160 valence electrons. The zero-order valence-corrected chi connectivity index (χ0v) is 18.3. The van der Waals surface area contributed by atoms with Crippen LogP contribution < -0.4 is 19.5 Å². The van der Waals surface area contributed by atoms with Gasteiger partial charge in [-0.3, -0.25) is 4.79 Å². The number of ether oxygens (including phenoxy) is 3. The van der Waals surface area contributed by atoms with Gasteiger partial charge < -0.3 is 19.5 Å². The SMILES string of the molecule is COc1ccc2c(c1)OC(C)(C)CC2NC(=O)C(C)Oc1cccc2c1CCCC2. The van der Waals surface area contributed by atoms with E-state index < -0.39 is 6.10 Å². The average Bonchev–Trinajstić information content (AvgIpc) is 2.72. The van der Waals surface area contributed by atoms with E-state index in [0.29, 0.717) is 6.42 Å². The van der Waals surface area contributed by atoms with Crippen molar-refractivity contribution in [2.24, 2.45) is 0 Å². The van der Waals surface area contributed by atoms with Gasteiger partial charge in [0.25, 0.3) is 5.91 Å². The molecule has 2 aliphatic rings. The van der Waals surface area contributed by atoms with Crippen LogP contribution in [0.1, 0.15) is 62.8 Å². The Hall–Kier alpha value is -2.69. The molecule has 0 aromatic heterocycles. The molecule has 0 bridgehead atoms. The maximum Gasteiger partial charge on any atom is 0.261 e. The van der Waals surface area contributed by atoms with Gasteiger partial charge in [-0.25, -0.2) is 0 Å². The van der Waals surface area contributed by atoms with Crippen molar-refractivity contribution in [2.75, 3.05) is 7.11 Å². The highest BCUT2D eigenvalue weighted by Crippen LogP contribution is 2.41. The lowest BCUT2D eigenvalue weighted by Gasteiger charge is -2.38. The highest BCUT2D eigenvalue weighted by Gasteiger charge is 2.35. The van der Waals surface area contributed by atoms with Gasteiger partial charge in [0.15, 0.2) is 6.10 Å². The number of carbonyl (C=O) groups is 1. The summed E-state index contributed by atoms with van der Waals surface area (Å²) in [6.07, 6.45) is 4.60. The molecule has 5 nitrogen and oxygen atoms in total. The summed E-state index contributed by atoms with van der Waals surface area (Å²) < 4.78 is 17.6. The predicted molar refractivity (Wildman–Crippen MR) is 116 cm³/mol. The number of amides is 1. The molecule has 4 rings (SSSR count). The van der Waals surface area contributed by atoms with Crippen LogP contribution in [-0.4, -0.2) is 24.7 Å². The number of hydrogen-bond donors (Lipinski definition) is 1. The molecular weight excluding hydrogens is 378 g/mol. The van der Waals surface area contributed by atoms with E-state index in [2.05, 4.69) is 11.4 Å². The molecule has 1 N–H and O–H groups in total. The van der Waals surface area contributed by atoms with E-state index in [1.165, 1.54) is 24.0 Å². The largest absolute Gasteiger partial charge is 0.497 e. The average molecular weight is 410 g/mol. The number of benzene rings is 2. The molecule has 1 amide bonds. The lowest BCUT2D eigenvalue weighted by atomic mass is 9.89. The number of methoxy groups -OCH3 is 1. The van der Waals surface area contributed by atoms with Crippen LogP contribution in [-0.2, 0) is 17.6 Å². The first-order valence-electron chi connectivity index (χ1n) is 10.8. The van der Waals surface area contributed by atoms with Crippen LogP contribution in [0.2, 0.25) is 0 Å². The predicted octanol–water partition coefficient (Wildman–Crippen LogP) is 4.76. The van der Waals surface area contributed by atoms with E-state index in [1.54, 1.807) is 7.11 Å². The van der Waals surface area contributed by atoms with Crippen LogP contribution in [0.25, 0.3) is 0 Å². The molecule has 2 aromatic carbocycles. The van der Waals surface area contributed by atoms with Crippen LogP contribution in [0, 0.1) is 0 Å². The molecule has 30 heavy (non-hydrogen) atoms. The summed E-state index contributed by atoms with van der Waals surface area (Å²) in [5.74, 6) is 2.21. The smallest absolute Gasteiger partial charge is 0.261 e. The van der Waals surface area contributed by atoms with Crippen molar-refractivity contribution in [3.8, 4) is 17.2 Å². The lowest BCUT2D eigenvalue weighted by molar-refractivity contribution is -0.128. The van der Waals surface area contributed by atoms with Crippen molar-refractivity contribution >= 4 is 5.91 Å². The normalized spacial score (nSPS) is 20.2. The Morgan fingerprint density at radius 2 is 2.00 bits per heavy atom. The summed E-state index contributed by atoms with van der Waals surface area (Å²) in [6.45, 7) is 5.88. The summed E-state index contributed by atoms with van der Waals surface area (Å²) in [5.41, 5.74) is 3.18. The second kappa shape index (κ2) is 8.21. The molecule has 1 heterocycles. The maximum absolute atomic E-state index is 13.0. The van der Waals surface area contributed by atoms with Gasteiger partial charge in [-0.1, -0.05) is 12.1 Å². The van der Waals surface area contributed by atoms with E-state index in [4.69, 9.17) is 14.2 Å². The summed E-state index contributed by atoms with van der Waals surface area (Å²) in [4.78, 5) is 13.0. The molecule has 0 fully saturated rings. The topological polar surface area (TPSA) is 56.8 Å². The fourth-order valence-electron chi connectivity index (χ4n) is 4.48. The van der Waals surface area contributed by atoms with Crippen LogP contribution in [0.5, 0.6) is 17.2 Å². The van der Waals surface area contributed by atoms with Gasteiger partial charge in [0.05, 0.1) is 13.2 Å². The Morgan fingerprint density at radius 3 is 2.80 bits per heavy atom.